The van der Waals surface area contributed by atoms with Crippen LogP contribution in [-0.2, 0) is 9.59 Å². The van der Waals surface area contributed by atoms with Crippen LogP contribution in [0.1, 0.15) is 40.5 Å². The number of ketones is 2. The number of carbonyl (C=O) groups excluding carboxylic acids is 2. The van der Waals surface area contributed by atoms with Gasteiger partial charge in [-0.25, -0.2) is 0 Å². The summed E-state index contributed by atoms with van der Waals surface area (Å²) < 4.78 is 0. The summed E-state index contributed by atoms with van der Waals surface area (Å²) in [5.74, 6) is 1.99. The molecule has 4 atom stereocenters. The van der Waals surface area contributed by atoms with Crippen molar-refractivity contribution in [3.63, 3.8) is 0 Å². The van der Waals surface area contributed by atoms with E-state index in [1.54, 1.807) is 0 Å². The molecule has 116 valence electrons. The molecule has 0 radical (unpaired) electrons. The first kappa shape index (κ1) is 14.2. The van der Waals surface area contributed by atoms with Gasteiger partial charge in [0.15, 0.2) is 11.6 Å². The van der Waals surface area contributed by atoms with Crippen LogP contribution in [0.4, 0.5) is 0 Å². The highest BCUT2D eigenvalue weighted by atomic mass is 16.1. The minimum absolute atomic E-state index is 0.100. The summed E-state index contributed by atoms with van der Waals surface area (Å²) in [5, 5.41) is 0. The lowest BCUT2D eigenvalue weighted by Crippen LogP contribution is -2.52. The summed E-state index contributed by atoms with van der Waals surface area (Å²) in [5.41, 5.74) is 2.52. The first-order chi connectivity index (χ1) is 10.2. The molecule has 6 aliphatic carbocycles. The summed E-state index contributed by atoms with van der Waals surface area (Å²) in [7, 11) is 0. The van der Waals surface area contributed by atoms with Crippen molar-refractivity contribution in [1.82, 2.24) is 0 Å². The summed E-state index contributed by atoms with van der Waals surface area (Å²) >= 11 is 0. The van der Waals surface area contributed by atoms with Crippen molar-refractivity contribution in [2.45, 2.75) is 40.5 Å². The van der Waals surface area contributed by atoms with Gasteiger partial charge in [0.2, 0.25) is 0 Å². The van der Waals surface area contributed by atoms with Gasteiger partial charge in [-0.2, -0.15) is 0 Å². The number of hydrogen-bond acceptors (Lipinski definition) is 2. The maximum atomic E-state index is 12.2. The van der Waals surface area contributed by atoms with Gasteiger partial charge in [0, 0.05) is 11.8 Å². The van der Waals surface area contributed by atoms with Gasteiger partial charge < -0.3 is 0 Å². The Morgan fingerprint density at radius 3 is 1.41 bits per heavy atom. The molecule has 2 nitrogen and oxygen atoms in total. The SMILES string of the molecule is CC1(C)[C@@H]2C[C@@H]1C(/C=C/C1=CC(=O)[C@@H]3C[C@@H]1C3(C)C)=CC2=O. The Morgan fingerprint density at radius 1 is 0.773 bits per heavy atom. The Bertz CT molecular complexity index is 614. The fourth-order valence-electron chi connectivity index (χ4n) is 5.20. The third-order valence-corrected chi connectivity index (χ3v) is 7.11. The summed E-state index contributed by atoms with van der Waals surface area (Å²) in [6.45, 7) is 8.81. The highest BCUT2D eigenvalue weighted by Crippen LogP contribution is 2.59. The highest BCUT2D eigenvalue weighted by molar-refractivity contribution is 5.97. The molecule has 22 heavy (non-hydrogen) atoms. The number of hydrogen-bond donors (Lipinski definition) is 0. The van der Waals surface area contributed by atoms with E-state index >= 15 is 0 Å². The third kappa shape index (κ3) is 1.61. The molecular weight excluding hydrogens is 272 g/mol. The molecule has 0 aromatic heterocycles. The Balaban J connectivity index is 1.61. The lowest BCUT2D eigenvalue weighted by atomic mass is 9.47. The van der Waals surface area contributed by atoms with Gasteiger partial charge in [-0.05, 0) is 58.8 Å². The van der Waals surface area contributed by atoms with E-state index in [1.165, 1.54) is 0 Å². The second kappa shape index (κ2) is 4.10. The molecule has 6 aliphatic rings. The van der Waals surface area contributed by atoms with E-state index in [-0.39, 0.29) is 34.2 Å². The summed E-state index contributed by atoms with van der Waals surface area (Å²) in [6.07, 6.45) is 9.87. The van der Waals surface area contributed by atoms with Crippen LogP contribution >= 0.6 is 0 Å². The predicted octanol–water partition coefficient (Wildman–Crippen LogP) is 3.89. The molecule has 0 amide bonds. The van der Waals surface area contributed by atoms with Gasteiger partial charge >= 0.3 is 0 Å². The minimum atomic E-state index is 0.100. The van der Waals surface area contributed by atoms with Crippen molar-refractivity contribution < 1.29 is 9.59 Å². The van der Waals surface area contributed by atoms with E-state index in [0.29, 0.717) is 11.8 Å². The second-order valence-corrected chi connectivity index (χ2v) is 8.75. The zero-order valence-electron chi connectivity index (χ0n) is 13.8. The van der Waals surface area contributed by atoms with Crippen LogP contribution in [0.15, 0.2) is 35.5 Å². The molecular formula is C20H24O2. The van der Waals surface area contributed by atoms with Gasteiger partial charge in [-0.1, -0.05) is 39.8 Å². The molecule has 0 aromatic carbocycles. The average molecular weight is 296 g/mol. The Labute approximate surface area is 132 Å². The first-order valence-electron chi connectivity index (χ1n) is 8.42. The number of rotatable bonds is 2. The molecule has 0 aliphatic heterocycles. The molecule has 0 saturated heterocycles. The standard InChI is InChI=1S/C20H24O2/c1-19(2)13-9-15(19)17(21)7-11(13)5-6-12-8-18(22)16-10-14(12)20(16,3)4/h5-8,13-16H,9-10H2,1-4H3/b6-5+/t13-,14+,15-,16+. The Hall–Kier alpha value is -1.44. The largest absolute Gasteiger partial charge is 0.295 e. The number of allylic oxidation sites excluding steroid dienone is 6. The van der Waals surface area contributed by atoms with E-state index in [0.717, 1.165) is 24.0 Å². The van der Waals surface area contributed by atoms with Crippen LogP contribution in [0.5, 0.6) is 0 Å². The van der Waals surface area contributed by atoms with Crippen LogP contribution in [-0.4, -0.2) is 11.6 Å². The second-order valence-electron chi connectivity index (χ2n) is 8.75. The third-order valence-electron chi connectivity index (χ3n) is 7.11. The monoisotopic (exact) mass is 296 g/mol. The van der Waals surface area contributed by atoms with Crippen LogP contribution in [0.3, 0.4) is 0 Å². The molecule has 2 fully saturated rings. The van der Waals surface area contributed by atoms with E-state index in [2.05, 4.69) is 39.8 Å². The van der Waals surface area contributed by atoms with Crippen LogP contribution in [0, 0.1) is 34.5 Å². The predicted molar refractivity (Wildman–Crippen MR) is 86.1 cm³/mol. The molecule has 4 bridgehead atoms. The maximum absolute atomic E-state index is 12.2. The van der Waals surface area contributed by atoms with Crippen molar-refractivity contribution in [2.75, 3.05) is 0 Å². The number of fused-ring (bicyclic) bond motifs is 2. The molecule has 2 saturated carbocycles. The van der Waals surface area contributed by atoms with E-state index in [9.17, 15) is 9.59 Å². The van der Waals surface area contributed by atoms with Gasteiger partial charge in [-0.3, -0.25) is 9.59 Å². The van der Waals surface area contributed by atoms with Gasteiger partial charge in [0.25, 0.3) is 0 Å². The van der Waals surface area contributed by atoms with Crippen molar-refractivity contribution in [3.05, 3.63) is 35.5 Å². The minimum Gasteiger partial charge on any atom is -0.295 e. The average Bonchev–Trinajstić information content (AvgIpc) is 2.42. The van der Waals surface area contributed by atoms with Gasteiger partial charge in [0.1, 0.15) is 0 Å². The molecule has 0 spiro atoms. The van der Waals surface area contributed by atoms with Gasteiger partial charge in [-0.15, -0.1) is 0 Å². The quantitative estimate of drug-likeness (QED) is 0.775. The molecule has 0 unspecified atom stereocenters. The van der Waals surface area contributed by atoms with E-state index in [1.807, 2.05) is 12.2 Å². The molecule has 0 heterocycles. The zero-order chi connectivity index (χ0) is 15.9. The fourth-order valence-corrected chi connectivity index (χ4v) is 5.20. The van der Waals surface area contributed by atoms with Gasteiger partial charge in [0.05, 0.1) is 0 Å². The summed E-state index contributed by atoms with van der Waals surface area (Å²) in [4.78, 5) is 24.3. The topological polar surface area (TPSA) is 34.1 Å². The highest BCUT2D eigenvalue weighted by Gasteiger charge is 2.56. The molecule has 2 heteroatoms. The van der Waals surface area contributed by atoms with Crippen molar-refractivity contribution >= 4 is 11.6 Å². The first-order valence-corrected chi connectivity index (χ1v) is 8.42. The molecule has 0 aromatic rings. The smallest absolute Gasteiger partial charge is 0.159 e. The zero-order valence-corrected chi connectivity index (χ0v) is 13.8. The maximum Gasteiger partial charge on any atom is 0.159 e. The Kier molecular flexibility index (Phi) is 2.64. The Morgan fingerprint density at radius 2 is 1.14 bits per heavy atom. The molecule has 6 rings (SSSR count). The van der Waals surface area contributed by atoms with E-state index < -0.39 is 0 Å². The van der Waals surface area contributed by atoms with E-state index in [4.69, 9.17) is 0 Å². The van der Waals surface area contributed by atoms with Crippen molar-refractivity contribution in [3.8, 4) is 0 Å². The van der Waals surface area contributed by atoms with Crippen molar-refractivity contribution in [1.29, 1.82) is 0 Å². The van der Waals surface area contributed by atoms with Crippen LogP contribution in [0.2, 0.25) is 0 Å². The van der Waals surface area contributed by atoms with Crippen molar-refractivity contribution in [2.24, 2.45) is 34.5 Å². The number of carbonyl (C=O) groups is 2. The van der Waals surface area contributed by atoms with Crippen LogP contribution in [0.25, 0.3) is 0 Å². The lowest BCUT2D eigenvalue weighted by molar-refractivity contribution is -0.134. The molecule has 0 N–H and O–H groups in total. The fraction of sp³-hybridized carbons (Fsp3) is 0.600. The van der Waals surface area contributed by atoms with Crippen LogP contribution < -0.4 is 0 Å². The summed E-state index contributed by atoms with van der Waals surface area (Å²) in [6, 6.07) is 0. The lowest BCUT2D eigenvalue weighted by Gasteiger charge is -2.55. The normalized spacial score (nSPS) is 40.7.